The lowest BCUT2D eigenvalue weighted by molar-refractivity contribution is 0.0989. The van der Waals surface area contributed by atoms with Gasteiger partial charge in [0.2, 0.25) is 0 Å². The highest BCUT2D eigenvalue weighted by Gasteiger charge is 2.24. The standard InChI is InChI=1S/C27H27ClF2N6O3/c1-4-35-22(15-39-14-17-9-6-5-7-10-17)34-36(27(35)38)25-21(30)13-18(24(33-25)31-16(2)3)26(37)32-23-19(28)11-8-12-20(23)29/h5-13,16H,4,14-15H2,1-3H3,(H,31,33)(H,32,37). The third-order valence-electron chi connectivity index (χ3n) is 5.63. The molecule has 204 valence electrons. The molecule has 0 saturated heterocycles. The van der Waals surface area contributed by atoms with Crippen LogP contribution in [0.25, 0.3) is 5.82 Å². The normalized spacial score (nSPS) is 11.2. The summed E-state index contributed by atoms with van der Waals surface area (Å²) >= 11 is 6.02. The summed E-state index contributed by atoms with van der Waals surface area (Å²) in [6.45, 7) is 5.92. The Morgan fingerprint density at radius 2 is 1.82 bits per heavy atom. The van der Waals surface area contributed by atoms with Crippen molar-refractivity contribution >= 4 is 29.0 Å². The summed E-state index contributed by atoms with van der Waals surface area (Å²) in [5.41, 5.74) is -0.126. The number of hydrogen-bond donors (Lipinski definition) is 2. The van der Waals surface area contributed by atoms with E-state index in [0.29, 0.717) is 6.61 Å². The molecule has 0 atom stereocenters. The lowest BCUT2D eigenvalue weighted by atomic mass is 10.2. The van der Waals surface area contributed by atoms with E-state index in [0.717, 1.165) is 22.4 Å². The van der Waals surface area contributed by atoms with Crippen molar-refractivity contribution in [1.29, 1.82) is 0 Å². The zero-order valence-corrected chi connectivity index (χ0v) is 22.3. The first-order valence-electron chi connectivity index (χ1n) is 12.2. The second-order valence-electron chi connectivity index (χ2n) is 8.87. The van der Waals surface area contributed by atoms with Crippen molar-refractivity contribution < 1.29 is 18.3 Å². The van der Waals surface area contributed by atoms with Crippen LogP contribution in [0, 0.1) is 11.6 Å². The van der Waals surface area contributed by atoms with Crippen LogP contribution in [0.4, 0.5) is 20.3 Å². The third-order valence-corrected chi connectivity index (χ3v) is 5.94. The first-order chi connectivity index (χ1) is 18.7. The van der Waals surface area contributed by atoms with Gasteiger partial charge in [0, 0.05) is 12.6 Å². The third kappa shape index (κ3) is 6.32. The molecule has 12 heteroatoms. The SMILES string of the molecule is CCn1c(COCc2ccccc2)nn(-c2nc(NC(C)C)c(C(=O)Nc3c(F)cccc3Cl)cc2F)c1=O. The van der Waals surface area contributed by atoms with Crippen molar-refractivity contribution in [1.82, 2.24) is 19.3 Å². The Balaban J connectivity index is 1.68. The highest BCUT2D eigenvalue weighted by Crippen LogP contribution is 2.27. The molecule has 0 aliphatic carbocycles. The minimum Gasteiger partial charge on any atom is -0.369 e. The summed E-state index contributed by atoms with van der Waals surface area (Å²) in [5, 5.41) is 9.59. The molecule has 0 unspecified atom stereocenters. The fourth-order valence-corrected chi connectivity index (χ4v) is 4.03. The molecule has 0 bridgehead atoms. The highest BCUT2D eigenvalue weighted by atomic mass is 35.5. The topological polar surface area (TPSA) is 103 Å². The molecular formula is C27H27ClF2N6O3. The molecule has 2 aromatic carbocycles. The predicted molar refractivity (Wildman–Crippen MR) is 144 cm³/mol. The minimum absolute atomic E-state index is 0.00752. The average molecular weight is 557 g/mol. The van der Waals surface area contributed by atoms with Gasteiger partial charge in [-0.25, -0.2) is 18.6 Å². The van der Waals surface area contributed by atoms with Crippen LogP contribution in [-0.4, -0.2) is 31.3 Å². The number of aromatic nitrogens is 4. The van der Waals surface area contributed by atoms with Crippen LogP contribution in [0.5, 0.6) is 0 Å². The number of pyridine rings is 1. The Hall–Kier alpha value is -4.09. The number of carbonyl (C=O) groups is 1. The van der Waals surface area contributed by atoms with Gasteiger partial charge in [0.15, 0.2) is 17.5 Å². The van der Waals surface area contributed by atoms with Crippen LogP contribution < -0.4 is 16.3 Å². The average Bonchev–Trinajstić information content (AvgIpc) is 3.22. The number of para-hydroxylation sites is 1. The first-order valence-corrected chi connectivity index (χ1v) is 12.6. The molecule has 0 aliphatic rings. The minimum atomic E-state index is -0.978. The number of ether oxygens (including phenoxy) is 1. The van der Waals surface area contributed by atoms with E-state index in [1.165, 1.54) is 16.7 Å². The maximum atomic E-state index is 15.4. The second-order valence-corrected chi connectivity index (χ2v) is 9.28. The van der Waals surface area contributed by atoms with Crippen LogP contribution in [-0.2, 0) is 24.5 Å². The monoisotopic (exact) mass is 556 g/mol. The van der Waals surface area contributed by atoms with Gasteiger partial charge in [0.25, 0.3) is 5.91 Å². The largest absolute Gasteiger partial charge is 0.369 e. The Morgan fingerprint density at radius 3 is 2.49 bits per heavy atom. The molecule has 0 radical (unpaired) electrons. The smallest absolute Gasteiger partial charge is 0.352 e. The Kier molecular flexibility index (Phi) is 8.72. The number of anilines is 2. The van der Waals surface area contributed by atoms with Crippen LogP contribution >= 0.6 is 11.6 Å². The molecule has 2 heterocycles. The highest BCUT2D eigenvalue weighted by molar-refractivity contribution is 6.34. The molecule has 39 heavy (non-hydrogen) atoms. The number of nitrogens with zero attached hydrogens (tertiary/aromatic N) is 4. The van der Waals surface area contributed by atoms with Crippen molar-refractivity contribution in [2.75, 3.05) is 10.6 Å². The predicted octanol–water partition coefficient (Wildman–Crippen LogP) is 5.17. The fraction of sp³-hybridized carbons (Fsp3) is 0.259. The Bertz CT molecular complexity index is 1520. The van der Waals surface area contributed by atoms with E-state index in [4.69, 9.17) is 16.3 Å². The molecule has 0 fully saturated rings. The molecule has 4 aromatic rings. The quantitative estimate of drug-likeness (QED) is 0.279. The summed E-state index contributed by atoms with van der Waals surface area (Å²) in [6.07, 6.45) is 0. The summed E-state index contributed by atoms with van der Waals surface area (Å²) < 4.78 is 37.6. The van der Waals surface area contributed by atoms with Gasteiger partial charge in [-0.3, -0.25) is 9.36 Å². The second kappa shape index (κ2) is 12.2. The molecule has 4 rings (SSSR count). The number of carbonyl (C=O) groups excluding carboxylic acids is 1. The van der Waals surface area contributed by atoms with Gasteiger partial charge in [-0.2, -0.15) is 4.68 Å². The molecule has 0 spiro atoms. The van der Waals surface area contributed by atoms with Gasteiger partial charge >= 0.3 is 5.69 Å². The van der Waals surface area contributed by atoms with Crippen molar-refractivity contribution in [3.63, 3.8) is 0 Å². The van der Waals surface area contributed by atoms with E-state index in [1.807, 2.05) is 30.3 Å². The fourth-order valence-electron chi connectivity index (χ4n) is 3.82. The van der Waals surface area contributed by atoms with Gasteiger partial charge in [-0.05, 0) is 44.5 Å². The van der Waals surface area contributed by atoms with Gasteiger partial charge in [0.05, 0.1) is 22.9 Å². The summed E-state index contributed by atoms with van der Waals surface area (Å²) in [5.74, 6) is -2.71. The zero-order chi connectivity index (χ0) is 28.1. The van der Waals surface area contributed by atoms with Gasteiger partial charge < -0.3 is 15.4 Å². The summed E-state index contributed by atoms with van der Waals surface area (Å²) in [7, 11) is 0. The zero-order valence-electron chi connectivity index (χ0n) is 21.5. The number of hydrogen-bond acceptors (Lipinski definition) is 6. The lowest BCUT2D eigenvalue weighted by Crippen LogP contribution is -2.27. The van der Waals surface area contributed by atoms with Crippen LogP contribution in [0.1, 0.15) is 42.5 Å². The number of halogens is 3. The van der Waals surface area contributed by atoms with Gasteiger partial charge in [0.1, 0.15) is 18.2 Å². The molecule has 2 aromatic heterocycles. The van der Waals surface area contributed by atoms with Crippen molar-refractivity contribution in [2.24, 2.45) is 0 Å². The molecule has 9 nitrogen and oxygen atoms in total. The van der Waals surface area contributed by atoms with Crippen LogP contribution in [0.2, 0.25) is 5.02 Å². The van der Waals surface area contributed by atoms with Crippen LogP contribution in [0.15, 0.2) is 59.4 Å². The number of benzene rings is 2. The van der Waals surface area contributed by atoms with E-state index in [1.54, 1.807) is 20.8 Å². The van der Waals surface area contributed by atoms with E-state index >= 15 is 4.39 Å². The maximum absolute atomic E-state index is 15.4. The molecule has 1 amide bonds. The lowest BCUT2D eigenvalue weighted by Gasteiger charge is -2.16. The molecule has 0 aliphatic heterocycles. The van der Waals surface area contributed by atoms with E-state index < -0.39 is 29.0 Å². The number of nitrogens with one attached hydrogen (secondary N) is 2. The van der Waals surface area contributed by atoms with Gasteiger partial charge in [-0.15, -0.1) is 5.10 Å². The van der Waals surface area contributed by atoms with Crippen molar-refractivity contribution in [3.05, 3.63) is 98.7 Å². The summed E-state index contributed by atoms with van der Waals surface area (Å²) in [4.78, 5) is 30.4. The van der Waals surface area contributed by atoms with E-state index in [-0.39, 0.29) is 47.1 Å². The maximum Gasteiger partial charge on any atom is 0.352 e. The summed E-state index contributed by atoms with van der Waals surface area (Å²) in [6, 6.07) is 14.1. The van der Waals surface area contributed by atoms with Crippen molar-refractivity contribution in [2.45, 2.75) is 46.6 Å². The molecule has 2 N–H and O–H groups in total. The first kappa shape index (κ1) is 27.9. The molecular weight excluding hydrogens is 530 g/mol. The Labute approximate surface area is 228 Å². The number of amides is 1. The van der Waals surface area contributed by atoms with E-state index in [9.17, 15) is 14.0 Å². The number of rotatable bonds is 10. The Morgan fingerprint density at radius 1 is 1.08 bits per heavy atom. The van der Waals surface area contributed by atoms with E-state index in [2.05, 4.69) is 20.7 Å². The molecule has 0 saturated carbocycles. The van der Waals surface area contributed by atoms with Gasteiger partial charge in [-0.1, -0.05) is 48.0 Å². The van der Waals surface area contributed by atoms with Crippen LogP contribution in [0.3, 0.4) is 0 Å². The van der Waals surface area contributed by atoms with Crippen molar-refractivity contribution in [3.8, 4) is 5.82 Å².